The zero-order valence-corrected chi connectivity index (χ0v) is 13.5. The van der Waals surface area contributed by atoms with Gasteiger partial charge in [0.25, 0.3) is 0 Å². The van der Waals surface area contributed by atoms with Gasteiger partial charge in [-0.05, 0) is 31.6 Å². The molecule has 0 aliphatic heterocycles. The summed E-state index contributed by atoms with van der Waals surface area (Å²) in [5.74, 6) is 1.75. The second-order valence-corrected chi connectivity index (χ2v) is 4.52. The van der Waals surface area contributed by atoms with Crippen LogP contribution in [0.5, 0.6) is 0 Å². The molecule has 0 aromatic rings. The SMILES string of the molecule is CN=C(NCCCCCOC)NC1CC1C.I. The lowest BCUT2D eigenvalue weighted by atomic mass is 10.2. The Kier molecular flexibility index (Phi) is 9.91. The highest BCUT2D eigenvalue weighted by Gasteiger charge is 2.32. The summed E-state index contributed by atoms with van der Waals surface area (Å²) in [5.41, 5.74) is 0. The van der Waals surface area contributed by atoms with Crippen molar-refractivity contribution in [2.45, 2.75) is 38.6 Å². The Morgan fingerprint density at radius 2 is 2.06 bits per heavy atom. The van der Waals surface area contributed by atoms with Crippen molar-refractivity contribution in [3.05, 3.63) is 0 Å². The molecule has 0 heterocycles. The lowest BCUT2D eigenvalue weighted by molar-refractivity contribution is 0.192. The van der Waals surface area contributed by atoms with Crippen LogP contribution in [0.3, 0.4) is 0 Å². The first-order chi connectivity index (χ1) is 7.77. The molecule has 0 aromatic heterocycles. The van der Waals surface area contributed by atoms with Crippen LogP contribution < -0.4 is 10.6 Å². The van der Waals surface area contributed by atoms with Crippen molar-refractivity contribution in [3.63, 3.8) is 0 Å². The standard InChI is InChI=1S/C12H25N3O.HI/c1-10-9-11(10)15-12(13-2)14-7-5-4-6-8-16-3;/h10-11H,4-9H2,1-3H3,(H2,13,14,15);1H. The summed E-state index contributed by atoms with van der Waals surface area (Å²) in [5, 5.41) is 6.74. The van der Waals surface area contributed by atoms with Gasteiger partial charge in [0, 0.05) is 33.4 Å². The number of unbranched alkanes of at least 4 members (excludes halogenated alkanes) is 2. The van der Waals surface area contributed by atoms with Crippen molar-refractivity contribution in [3.8, 4) is 0 Å². The molecule has 1 saturated carbocycles. The van der Waals surface area contributed by atoms with Crippen molar-refractivity contribution in [2.24, 2.45) is 10.9 Å². The Bertz CT molecular complexity index is 224. The van der Waals surface area contributed by atoms with Gasteiger partial charge in [0.1, 0.15) is 0 Å². The van der Waals surface area contributed by atoms with E-state index in [-0.39, 0.29) is 24.0 Å². The van der Waals surface area contributed by atoms with E-state index in [1.54, 1.807) is 7.11 Å². The lowest BCUT2D eigenvalue weighted by Gasteiger charge is -2.11. The number of nitrogens with zero attached hydrogens (tertiary/aromatic N) is 1. The third kappa shape index (κ3) is 7.81. The molecule has 1 fully saturated rings. The first kappa shape index (κ1) is 17.0. The van der Waals surface area contributed by atoms with Crippen LogP contribution in [0.25, 0.3) is 0 Å². The van der Waals surface area contributed by atoms with Crippen molar-refractivity contribution in [1.82, 2.24) is 10.6 Å². The normalized spacial score (nSPS) is 22.9. The quantitative estimate of drug-likeness (QED) is 0.318. The third-order valence-corrected chi connectivity index (χ3v) is 2.97. The summed E-state index contributed by atoms with van der Waals surface area (Å²) in [6.07, 6.45) is 4.79. The van der Waals surface area contributed by atoms with Gasteiger partial charge in [-0.25, -0.2) is 0 Å². The lowest BCUT2D eigenvalue weighted by Crippen LogP contribution is -2.39. The van der Waals surface area contributed by atoms with Crippen LogP contribution >= 0.6 is 24.0 Å². The Hall–Kier alpha value is -0.0400. The number of methoxy groups -OCH3 is 1. The minimum Gasteiger partial charge on any atom is -0.385 e. The van der Waals surface area contributed by atoms with E-state index in [1.165, 1.54) is 19.3 Å². The number of hydrogen-bond donors (Lipinski definition) is 2. The zero-order chi connectivity index (χ0) is 11.8. The highest BCUT2D eigenvalue weighted by molar-refractivity contribution is 14.0. The Morgan fingerprint density at radius 3 is 2.59 bits per heavy atom. The summed E-state index contributed by atoms with van der Waals surface area (Å²) in [7, 11) is 3.58. The smallest absolute Gasteiger partial charge is 0.191 e. The molecule has 4 nitrogen and oxygen atoms in total. The van der Waals surface area contributed by atoms with Crippen molar-refractivity contribution in [2.75, 3.05) is 27.3 Å². The van der Waals surface area contributed by atoms with E-state index in [4.69, 9.17) is 4.74 Å². The molecule has 0 bridgehead atoms. The fraction of sp³-hybridized carbons (Fsp3) is 0.917. The molecule has 2 atom stereocenters. The largest absolute Gasteiger partial charge is 0.385 e. The first-order valence-corrected chi connectivity index (χ1v) is 6.24. The van der Waals surface area contributed by atoms with E-state index in [0.29, 0.717) is 6.04 Å². The number of aliphatic imine (C=N–C) groups is 1. The number of ether oxygens (including phenoxy) is 1. The summed E-state index contributed by atoms with van der Waals surface area (Å²) in [6, 6.07) is 0.639. The number of hydrogen-bond acceptors (Lipinski definition) is 2. The molecule has 1 aliphatic rings. The highest BCUT2D eigenvalue weighted by atomic mass is 127. The molecule has 2 unspecified atom stereocenters. The Labute approximate surface area is 122 Å². The maximum atomic E-state index is 5.01. The molecule has 1 aliphatic carbocycles. The van der Waals surface area contributed by atoms with Crippen molar-refractivity contribution >= 4 is 29.9 Å². The maximum Gasteiger partial charge on any atom is 0.191 e. The number of rotatable bonds is 7. The van der Waals surface area contributed by atoms with Crippen LogP contribution in [-0.4, -0.2) is 39.3 Å². The minimum atomic E-state index is 0. The van der Waals surface area contributed by atoms with E-state index < -0.39 is 0 Å². The Morgan fingerprint density at radius 1 is 1.35 bits per heavy atom. The van der Waals surface area contributed by atoms with Crippen LogP contribution in [0.1, 0.15) is 32.6 Å². The van der Waals surface area contributed by atoms with Gasteiger partial charge >= 0.3 is 0 Å². The molecule has 2 N–H and O–H groups in total. The molecule has 0 spiro atoms. The molecule has 102 valence electrons. The molecular formula is C12H26IN3O. The van der Waals surface area contributed by atoms with Crippen LogP contribution in [0.2, 0.25) is 0 Å². The summed E-state index contributed by atoms with van der Waals surface area (Å²) >= 11 is 0. The second kappa shape index (κ2) is 9.94. The van der Waals surface area contributed by atoms with Crippen LogP contribution in [0, 0.1) is 5.92 Å². The molecule has 17 heavy (non-hydrogen) atoms. The molecular weight excluding hydrogens is 329 g/mol. The number of nitrogens with one attached hydrogen (secondary N) is 2. The van der Waals surface area contributed by atoms with Gasteiger partial charge in [-0.3, -0.25) is 4.99 Å². The predicted molar refractivity (Wildman–Crippen MR) is 83.2 cm³/mol. The molecule has 0 amide bonds. The monoisotopic (exact) mass is 355 g/mol. The fourth-order valence-electron chi connectivity index (χ4n) is 1.65. The fourth-order valence-corrected chi connectivity index (χ4v) is 1.65. The van der Waals surface area contributed by atoms with Gasteiger partial charge < -0.3 is 15.4 Å². The molecule has 0 saturated heterocycles. The van der Waals surface area contributed by atoms with Gasteiger partial charge in [-0.2, -0.15) is 0 Å². The number of guanidine groups is 1. The van der Waals surface area contributed by atoms with Gasteiger partial charge in [0.15, 0.2) is 5.96 Å². The van der Waals surface area contributed by atoms with Crippen molar-refractivity contribution in [1.29, 1.82) is 0 Å². The number of halogens is 1. The maximum absolute atomic E-state index is 5.01. The van der Waals surface area contributed by atoms with E-state index >= 15 is 0 Å². The van der Waals surface area contributed by atoms with E-state index in [2.05, 4.69) is 22.5 Å². The molecule has 1 rings (SSSR count). The molecule has 0 aromatic carbocycles. The van der Waals surface area contributed by atoms with E-state index in [0.717, 1.165) is 31.4 Å². The first-order valence-electron chi connectivity index (χ1n) is 6.24. The molecule has 0 radical (unpaired) electrons. The van der Waals surface area contributed by atoms with E-state index in [9.17, 15) is 0 Å². The topological polar surface area (TPSA) is 45.7 Å². The summed E-state index contributed by atoms with van der Waals surface area (Å²) < 4.78 is 5.01. The van der Waals surface area contributed by atoms with Gasteiger partial charge in [-0.15, -0.1) is 24.0 Å². The average molecular weight is 355 g/mol. The Balaban J connectivity index is 0.00000256. The predicted octanol–water partition coefficient (Wildman–Crippen LogP) is 1.99. The van der Waals surface area contributed by atoms with Gasteiger partial charge in [-0.1, -0.05) is 6.92 Å². The molecule has 5 heteroatoms. The summed E-state index contributed by atoms with van der Waals surface area (Å²) in [4.78, 5) is 4.21. The van der Waals surface area contributed by atoms with Gasteiger partial charge in [0.2, 0.25) is 0 Å². The second-order valence-electron chi connectivity index (χ2n) is 4.52. The van der Waals surface area contributed by atoms with Crippen LogP contribution in [0.4, 0.5) is 0 Å². The van der Waals surface area contributed by atoms with E-state index in [1.807, 2.05) is 7.05 Å². The minimum absolute atomic E-state index is 0. The van der Waals surface area contributed by atoms with Crippen molar-refractivity contribution < 1.29 is 4.74 Å². The highest BCUT2D eigenvalue weighted by Crippen LogP contribution is 2.28. The summed E-state index contributed by atoms with van der Waals surface area (Å²) in [6.45, 7) is 4.12. The third-order valence-electron chi connectivity index (χ3n) is 2.97. The van der Waals surface area contributed by atoms with Gasteiger partial charge in [0.05, 0.1) is 0 Å². The zero-order valence-electron chi connectivity index (χ0n) is 11.2. The average Bonchev–Trinajstić information content (AvgIpc) is 2.97. The van der Waals surface area contributed by atoms with Crippen LogP contribution in [0.15, 0.2) is 4.99 Å². The van der Waals surface area contributed by atoms with Crippen LogP contribution in [-0.2, 0) is 4.74 Å².